The minimum absolute atomic E-state index is 0. The third kappa shape index (κ3) is 1.76. The molecule has 0 aliphatic rings. The summed E-state index contributed by atoms with van der Waals surface area (Å²) in [6, 6.07) is 21.2. The first-order valence-corrected chi connectivity index (χ1v) is 6.09. The van der Waals surface area contributed by atoms with Gasteiger partial charge >= 0.3 is 0 Å². The summed E-state index contributed by atoms with van der Waals surface area (Å²) < 4.78 is 0. The second-order valence-corrected chi connectivity index (χ2v) is 4.49. The maximum absolute atomic E-state index is 4.56. The van der Waals surface area contributed by atoms with Crippen LogP contribution in [-0.2, 0) is 20.1 Å². The van der Waals surface area contributed by atoms with Gasteiger partial charge < -0.3 is 0 Å². The van der Waals surface area contributed by atoms with Gasteiger partial charge in [0.15, 0.2) is 0 Å². The number of hydrogen-bond acceptors (Lipinski definition) is 1. The fourth-order valence-corrected chi connectivity index (χ4v) is 2.71. The van der Waals surface area contributed by atoms with Crippen molar-refractivity contribution in [2.45, 2.75) is 0 Å². The van der Waals surface area contributed by atoms with Crippen LogP contribution in [-0.4, -0.2) is 4.98 Å². The maximum Gasteiger partial charge on any atom is 0.0786 e. The fourth-order valence-electron chi connectivity index (χ4n) is 2.71. The summed E-state index contributed by atoms with van der Waals surface area (Å²) in [6.07, 6.45) is 1.86. The maximum atomic E-state index is 4.56. The first-order valence-electron chi connectivity index (χ1n) is 6.09. The molecule has 1 nitrogen and oxygen atoms in total. The van der Waals surface area contributed by atoms with Gasteiger partial charge in [0, 0.05) is 37.1 Å². The molecule has 0 amide bonds. The second kappa shape index (κ2) is 4.73. The summed E-state index contributed by atoms with van der Waals surface area (Å²) in [7, 11) is 0. The molecule has 3 aromatic carbocycles. The molecule has 0 spiro atoms. The Bertz CT molecular complexity index is 663. The van der Waals surface area contributed by atoms with Crippen molar-refractivity contribution in [3.8, 4) is 0 Å². The molecular weight excluding hydrogens is 410 g/mol. The average Bonchev–Trinajstić information content (AvgIpc) is 2.48. The number of hydrogen-bond donors (Lipinski definition) is 0. The van der Waals surface area contributed by atoms with Gasteiger partial charge in [0.05, 0.1) is 5.52 Å². The van der Waals surface area contributed by atoms with Gasteiger partial charge in [-0.1, -0.05) is 54.6 Å². The molecule has 0 atom stereocenters. The van der Waals surface area contributed by atoms with Crippen molar-refractivity contribution in [3.05, 3.63) is 66.9 Å². The van der Waals surface area contributed by atoms with Crippen molar-refractivity contribution in [3.63, 3.8) is 0 Å². The summed E-state index contributed by atoms with van der Waals surface area (Å²) in [4.78, 5) is 4.56. The second-order valence-electron chi connectivity index (χ2n) is 4.49. The third-order valence-electron chi connectivity index (χ3n) is 3.50. The smallest absolute Gasteiger partial charge is 0.0786 e. The number of pyridine rings is 1. The van der Waals surface area contributed by atoms with Gasteiger partial charge in [-0.2, -0.15) is 0 Å². The molecule has 93 valence electrons. The van der Waals surface area contributed by atoms with Crippen LogP contribution in [0.3, 0.4) is 0 Å². The van der Waals surface area contributed by atoms with E-state index < -0.39 is 0 Å². The van der Waals surface area contributed by atoms with Crippen molar-refractivity contribution >= 4 is 32.4 Å². The van der Waals surface area contributed by atoms with E-state index in [0.717, 1.165) is 5.52 Å². The first kappa shape index (κ1) is 12.3. The van der Waals surface area contributed by atoms with Gasteiger partial charge in [-0.3, -0.25) is 4.98 Å². The van der Waals surface area contributed by atoms with Crippen LogP contribution in [0.5, 0.6) is 0 Å². The van der Waals surface area contributed by atoms with Crippen LogP contribution in [0.25, 0.3) is 32.4 Å². The van der Waals surface area contributed by atoms with Gasteiger partial charge in [-0.25, -0.2) is 0 Å². The van der Waals surface area contributed by atoms with Gasteiger partial charge in [-0.15, -0.1) is 0 Å². The molecule has 0 aliphatic heterocycles. The number of aromatic nitrogens is 1. The van der Waals surface area contributed by atoms with Gasteiger partial charge in [0.25, 0.3) is 0 Å². The molecule has 0 N–H and O–H groups in total. The summed E-state index contributed by atoms with van der Waals surface area (Å²) in [5, 5.41) is 6.31. The molecule has 0 saturated carbocycles. The Hall–Kier alpha value is -1.76. The van der Waals surface area contributed by atoms with E-state index in [2.05, 4.69) is 59.6 Å². The van der Waals surface area contributed by atoms with E-state index in [9.17, 15) is 0 Å². The first-order chi connectivity index (χ1) is 8.95. The van der Waals surface area contributed by atoms with Gasteiger partial charge in [-0.05, 0) is 22.2 Å². The van der Waals surface area contributed by atoms with E-state index in [1.54, 1.807) is 0 Å². The normalized spacial score (nSPS) is 10.7. The molecule has 1 heterocycles. The van der Waals surface area contributed by atoms with Crippen LogP contribution < -0.4 is 0 Å². The van der Waals surface area contributed by atoms with Crippen LogP contribution in [0, 0.1) is 0 Å². The van der Waals surface area contributed by atoms with E-state index in [-0.39, 0.29) is 20.1 Å². The zero-order chi connectivity index (χ0) is 11.9. The Morgan fingerprint density at radius 3 is 1.53 bits per heavy atom. The van der Waals surface area contributed by atoms with Crippen molar-refractivity contribution in [2.24, 2.45) is 0 Å². The molecule has 0 aliphatic carbocycles. The SMILES string of the molecule is [Ir].c1ccc2c(c1)c1ccccc1c1ncccc21. The molecule has 0 saturated heterocycles. The Balaban J connectivity index is 0.00000110. The van der Waals surface area contributed by atoms with Crippen molar-refractivity contribution in [2.75, 3.05) is 0 Å². The third-order valence-corrected chi connectivity index (χ3v) is 3.50. The summed E-state index contributed by atoms with van der Waals surface area (Å²) >= 11 is 0. The van der Waals surface area contributed by atoms with E-state index >= 15 is 0 Å². The topological polar surface area (TPSA) is 12.9 Å². The number of benzene rings is 3. The number of fused-ring (bicyclic) bond motifs is 6. The average molecular weight is 421 g/mol. The predicted octanol–water partition coefficient (Wildman–Crippen LogP) is 4.54. The van der Waals surface area contributed by atoms with Crippen LogP contribution in [0.15, 0.2) is 66.9 Å². The molecular formula is C17H11IrN. The van der Waals surface area contributed by atoms with E-state index in [1.807, 2.05) is 12.3 Å². The van der Waals surface area contributed by atoms with E-state index in [4.69, 9.17) is 0 Å². The Kier molecular flexibility index (Phi) is 3.06. The monoisotopic (exact) mass is 422 g/mol. The largest absolute Gasteiger partial charge is 0.256 e. The summed E-state index contributed by atoms with van der Waals surface area (Å²) in [5.41, 5.74) is 1.09. The Labute approximate surface area is 124 Å². The summed E-state index contributed by atoms with van der Waals surface area (Å²) in [5.74, 6) is 0. The quantitative estimate of drug-likeness (QED) is 0.380. The molecule has 1 radical (unpaired) electrons. The van der Waals surface area contributed by atoms with Crippen molar-refractivity contribution in [1.82, 2.24) is 4.98 Å². The molecule has 1 aromatic heterocycles. The fraction of sp³-hybridized carbons (Fsp3) is 0. The molecule has 4 aromatic rings. The molecule has 19 heavy (non-hydrogen) atoms. The van der Waals surface area contributed by atoms with Gasteiger partial charge in [0.1, 0.15) is 0 Å². The van der Waals surface area contributed by atoms with Crippen molar-refractivity contribution < 1.29 is 20.1 Å². The minimum atomic E-state index is 0. The van der Waals surface area contributed by atoms with E-state index in [0.29, 0.717) is 0 Å². The molecule has 4 rings (SSSR count). The van der Waals surface area contributed by atoms with Crippen LogP contribution >= 0.6 is 0 Å². The number of rotatable bonds is 0. The Morgan fingerprint density at radius 1 is 0.526 bits per heavy atom. The minimum Gasteiger partial charge on any atom is -0.256 e. The molecule has 2 heteroatoms. The zero-order valence-corrected chi connectivity index (χ0v) is 12.5. The van der Waals surface area contributed by atoms with Gasteiger partial charge in [0.2, 0.25) is 0 Å². The van der Waals surface area contributed by atoms with E-state index in [1.165, 1.54) is 26.9 Å². The zero-order valence-electron chi connectivity index (χ0n) is 10.1. The molecule has 0 bridgehead atoms. The predicted molar refractivity (Wildman–Crippen MR) is 76.8 cm³/mol. The van der Waals surface area contributed by atoms with Crippen LogP contribution in [0.1, 0.15) is 0 Å². The summed E-state index contributed by atoms with van der Waals surface area (Å²) in [6.45, 7) is 0. The van der Waals surface area contributed by atoms with Crippen LogP contribution in [0.4, 0.5) is 0 Å². The Morgan fingerprint density at radius 2 is 0.947 bits per heavy atom. The van der Waals surface area contributed by atoms with Crippen LogP contribution in [0.2, 0.25) is 0 Å². The molecule has 0 fully saturated rings. The molecule has 0 unspecified atom stereocenters. The standard InChI is InChI=1S/C17H11N.Ir/c1-2-7-14-12(6-1)13-8-3-4-9-15(13)17-16(14)10-5-11-18-17;/h1-11H;. The number of nitrogens with zero attached hydrogens (tertiary/aromatic N) is 1. The van der Waals surface area contributed by atoms with Crippen molar-refractivity contribution in [1.29, 1.82) is 0 Å².